The Morgan fingerprint density at radius 3 is 2.93 bits per heavy atom. The molecule has 0 aliphatic heterocycles. The molecule has 0 bridgehead atoms. The SMILES string of the molecule is CC(=O)Cc1nc2c(C)cccc2[nH]1. The fraction of sp³-hybridized carbons (Fsp3) is 0.273. The van der Waals surface area contributed by atoms with Crippen LogP contribution in [0.2, 0.25) is 0 Å². The molecule has 0 aliphatic rings. The summed E-state index contributed by atoms with van der Waals surface area (Å²) in [4.78, 5) is 18.4. The number of hydrogen-bond donors (Lipinski definition) is 1. The van der Waals surface area contributed by atoms with Gasteiger partial charge in [0, 0.05) is 0 Å². The third-order valence-corrected chi connectivity index (χ3v) is 2.18. The summed E-state index contributed by atoms with van der Waals surface area (Å²) in [5.41, 5.74) is 3.10. The number of hydrogen-bond acceptors (Lipinski definition) is 2. The quantitative estimate of drug-likeness (QED) is 0.783. The first kappa shape index (κ1) is 8.94. The molecule has 0 atom stereocenters. The summed E-state index contributed by atoms with van der Waals surface area (Å²) in [6.45, 7) is 3.58. The maximum absolute atomic E-state index is 10.9. The zero-order chi connectivity index (χ0) is 10.1. The molecule has 0 saturated heterocycles. The van der Waals surface area contributed by atoms with Crippen molar-refractivity contribution >= 4 is 16.8 Å². The number of imidazole rings is 1. The number of para-hydroxylation sites is 1. The number of benzene rings is 1. The number of aromatic nitrogens is 2. The van der Waals surface area contributed by atoms with E-state index in [-0.39, 0.29) is 5.78 Å². The average Bonchev–Trinajstić information content (AvgIpc) is 2.47. The second-order valence-electron chi connectivity index (χ2n) is 3.53. The Balaban J connectivity index is 2.51. The molecule has 0 unspecified atom stereocenters. The number of Topliss-reactive ketones (excluding diaryl/α,β-unsaturated/α-hetero) is 1. The summed E-state index contributed by atoms with van der Waals surface area (Å²) in [6, 6.07) is 5.97. The molecule has 3 heteroatoms. The van der Waals surface area contributed by atoms with Gasteiger partial charge in [-0.15, -0.1) is 0 Å². The largest absolute Gasteiger partial charge is 0.342 e. The summed E-state index contributed by atoms with van der Waals surface area (Å²) in [6.07, 6.45) is 0.383. The number of nitrogens with zero attached hydrogens (tertiary/aromatic N) is 1. The Morgan fingerprint density at radius 1 is 1.50 bits per heavy atom. The standard InChI is InChI=1S/C11H12N2O/c1-7-4-3-5-9-11(7)13-10(12-9)6-8(2)14/h3-5H,6H2,1-2H3,(H,12,13). The number of rotatable bonds is 2. The topological polar surface area (TPSA) is 45.8 Å². The molecule has 1 N–H and O–H groups in total. The number of nitrogens with one attached hydrogen (secondary N) is 1. The van der Waals surface area contributed by atoms with E-state index in [1.165, 1.54) is 0 Å². The lowest BCUT2D eigenvalue weighted by Gasteiger charge is -1.90. The zero-order valence-corrected chi connectivity index (χ0v) is 8.29. The van der Waals surface area contributed by atoms with Crippen molar-refractivity contribution in [3.8, 4) is 0 Å². The van der Waals surface area contributed by atoms with Crippen molar-refractivity contribution in [2.75, 3.05) is 0 Å². The Bertz CT molecular complexity index is 485. The van der Waals surface area contributed by atoms with Crippen LogP contribution >= 0.6 is 0 Å². The molecule has 14 heavy (non-hydrogen) atoms. The van der Waals surface area contributed by atoms with Gasteiger partial charge in [0.2, 0.25) is 0 Å². The van der Waals surface area contributed by atoms with Crippen molar-refractivity contribution in [2.24, 2.45) is 0 Å². The molecule has 0 spiro atoms. The molecule has 72 valence electrons. The third kappa shape index (κ3) is 1.53. The van der Waals surface area contributed by atoms with E-state index in [9.17, 15) is 4.79 Å². The lowest BCUT2D eigenvalue weighted by molar-refractivity contribution is -0.116. The van der Waals surface area contributed by atoms with Crippen molar-refractivity contribution < 1.29 is 4.79 Å². The summed E-state index contributed by atoms with van der Waals surface area (Å²) in [7, 11) is 0. The normalized spacial score (nSPS) is 10.7. The van der Waals surface area contributed by atoms with Gasteiger partial charge in [-0.2, -0.15) is 0 Å². The van der Waals surface area contributed by atoms with Crippen LogP contribution in [0.15, 0.2) is 18.2 Å². The molecular weight excluding hydrogens is 176 g/mol. The highest BCUT2D eigenvalue weighted by molar-refractivity contribution is 5.81. The highest BCUT2D eigenvalue weighted by atomic mass is 16.1. The van der Waals surface area contributed by atoms with Crippen LogP contribution in [0.5, 0.6) is 0 Å². The second kappa shape index (κ2) is 3.25. The van der Waals surface area contributed by atoms with E-state index in [1.54, 1.807) is 6.92 Å². The number of carbonyl (C=O) groups excluding carboxylic acids is 1. The minimum atomic E-state index is 0.127. The Hall–Kier alpha value is -1.64. The van der Waals surface area contributed by atoms with Crippen molar-refractivity contribution in [3.63, 3.8) is 0 Å². The van der Waals surface area contributed by atoms with Gasteiger partial charge in [0.05, 0.1) is 17.5 Å². The second-order valence-corrected chi connectivity index (χ2v) is 3.53. The van der Waals surface area contributed by atoms with Crippen LogP contribution in [0.3, 0.4) is 0 Å². The number of fused-ring (bicyclic) bond motifs is 1. The van der Waals surface area contributed by atoms with Crippen molar-refractivity contribution in [1.29, 1.82) is 0 Å². The van der Waals surface area contributed by atoms with Crippen LogP contribution in [0.25, 0.3) is 11.0 Å². The highest BCUT2D eigenvalue weighted by Gasteiger charge is 2.05. The van der Waals surface area contributed by atoms with Crippen molar-refractivity contribution in [1.82, 2.24) is 9.97 Å². The van der Waals surface area contributed by atoms with Gasteiger partial charge in [-0.3, -0.25) is 4.79 Å². The first-order chi connectivity index (χ1) is 6.66. The molecule has 0 radical (unpaired) electrons. The minimum absolute atomic E-state index is 0.127. The van der Waals surface area contributed by atoms with E-state index < -0.39 is 0 Å². The van der Waals surface area contributed by atoms with E-state index in [2.05, 4.69) is 9.97 Å². The zero-order valence-electron chi connectivity index (χ0n) is 8.29. The number of carbonyl (C=O) groups is 1. The molecule has 0 saturated carbocycles. The predicted octanol–water partition coefficient (Wildman–Crippen LogP) is 2.00. The van der Waals surface area contributed by atoms with E-state index in [1.807, 2.05) is 25.1 Å². The fourth-order valence-corrected chi connectivity index (χ4v) is 1.55. The number of aryl methyl sites for hydroxylation is 1. The highest BCUT2D eigenvalue weighted by Crippen LogP contribution is 2.15. The molecule has 1 aromatic carbocycles. The van der Waals surface area contributed by atoms with Crippen LogP contribution in [-0.2, 0) is 11.2 Å². The van der Waals surface area contributed by atoms with E-state index in [4.69, 9.17) is 0 Å². The molecule has 1 aromatic heterocycles. The van der Waals surface area contributed by atoms with Crippen molar-refractivity contribution in [3.05, 3.63) is 29.6 Å². The monoisotopic (exact) mass is 188 g/mol. The molecular formula is C11H12N2O. The van der Waals surface area contributed by atoms with Gasteiger partial charge in [0.1, 0.15) is 11.6 Å². The molecule has 0 amide bonds. The molecule has 3 nitrogen and oxygen atoms in total. The summed E-state index contributed by atoms with van der Waals surface area (Å²) < 4.78 is 0. The van der Waals surface area contributed by atoms with Gasteiger partial charge in [-0.25, -0.2) is 4.98 Å². The summed E-state index contributed by atoms with van der Waals surface area (Å²) in [5, 5.41) is 0. The minimum Gasteiger partial charge on any atom is -0.342 e. The van der Waals surface area contributed by atoms with Crippen LogP contribution in [-0.4, -0.2) is 15.8 Å². The van der Waals surface area contributed by atoms with E-state index in [0.29, 0.717) is 6.42 Å². The Kier molecular flexibility index (Phi) is 2.08. The van der Waals surface area contributed by atoms with Crippen LogP contribution in [0.4, 0.5) is 0 Å². The smallest absolute Gasteiger partial charge is 0.137 e. The summed E-state index contributed by atoms with van der Waals surface area (Å²) in [5.74, 6) is 0.878. The van der Waals surface area contributed by atoms with E-state index >= 15 is 0 Å². The fourth-order valence-electron chi connectivity index (χ4n) is 1.55. The lowest BCUT2D eigenvalue weighted by atomic mass is 10.2. The van der Waals surface area contributed by atoms with Crippen molar-refractivity contribution in [2.45, 2.75) is 20.3 Å². The van der Waals surface area contributed by atoms with Gasteiger partial charge in [-0.1, -0.05) is 12.1 Å². The third-order valence-electron chi connectivity index (χ3n) is 2.18. The lowest BCUT2D eigenvalue weighted by Crippen LogP contribution is -1.97. The van der Waals surface area contributed by atoms with E-state index in [0.717, 1.165) is 22.4 Å². The van der Waals surface area contributed by atoms with Gasteiger partial charge in [-0.05, 0) is 25.5 Å². The molecule has 2 aromatic rings. The number of aromatic amines is 1. The molecule has 1 heterocycles. The number of ketones is 1. The van der Waals surface area contributed by atoms with Crippen LogP contribution < -0.4 is 0 Å². The Labute approximate surface area is 82.2 Å². The van der Waals surface area contributed by atoms with Gasteiger partial charge in [0.25, 0.3) is 0 Å². The average molecular weight is 188 g/mol. The first-order valence-corrected chi connectivity index (χ1v) is 4.60. The maximum atomic E-state index is 10.9. The maximum Gasteiger partial charge on any atom is 0.137 e. The number of H-pyrrole nitrogens is 1. The predicted molar refractivity (Wildman–Crippen MR) is 55.2 cm³/mol. The van der Waals surface area contributed by atoms with Crippen LogP contribution in [0.1, 0.15) is 18.3 Å². The molecule has 0 fully saturated rings. The Morgan fingerprint density at radius 2 is 2.29 bits per heavy atom. The molecule has 2 rings (SSSR count). The summed E-state index contributed by atoms with van der Waals surface area (Å²) >= 11 is 0. The van der Waals surface area contributed by atoms with Gasteiger partial charge >= 0.3 is 0 Å². The van der Waals surface area contributed by atoms with Crippen LogP contribution in [0, 0.1) is 6.92 Å². The first-order valence-electron chi connectivity index (χ1n) is 4.60. The molecule has 0 aliphatic carbocycles. The van der Waals surface area contributed by atoms with Gasteiger partial charge < -0.3 is 4.98 Å². The van der Waals surface area contributed by atoms with Gasteiger partial charge in [0.15, 0.2) is 0 Å².